The Balaban J connectivity index is 1.67. The number of benzene rings is 2. The van der Waals surface area contributed by atoms with E-state index in [0.29, 0.717) is 5.56 Å². The summed E-state index contributed by atoms with van der Waals surface area (Å²) >= 11 is 1.12. The van der Waals surface area contributed by atoms with Crippen molar-refractivity contribution in [3.63, 3.8) is 0 Å². The van der Waals surface area contributed by atoms with Crippen molar-refractivity contribution in [3.05, 3.63) is 87.6 Å². The second kappa shape index (κ2) is 8.75. The molecule has 1 aromatic heterocycles. The topological polar surface area (TPSA) is 74.8 Å². The quantitative estimate of drug-likeness (QED) is 0.485. The highest BCUT2D eigenvalue weighted by molar-refractivity contribution is 7.98. The van der Waals surface area contributed by atoms with Gasteiger partial charge in [-0.3, -0.25) is 9.59 Å². The van der Waals surface area contributed by atoms with Crippen LogP contribution in [-0.4, -0.2) is 15.9 Å². The molecule has 0 aliphatic rings. The molecule has 9 heteroatoms. The van der Waals surface area contributed by atoms with Crippen LogP contribution in [0, 0.1) is 17.5 Å². The molecular weight excluding hydrogens is 391 g/mol. The molecule has 0 aliphatic carbocycles. The number of nitrogens with one attached hydrogen (secondary N) is 2. The second-order valence-electron chi connectivity index (χ2n) is 5.78. The highest BCUT2D eigenvalue weighted by atomic mass is 32.2. The number of nitrogens with zero attached hydrogens (tertiary/aromatic N) is 1. The van der Waals surface area contributed by atoms with E-state index in [4.69, 9.17) is 0 Å². The van der Waals surface area contributed by atoms with Crippen molar-refractivity contribution in [2.75, 3.05) is 5.32 Å². The van der Waals surface area contributed by atoms with E-state index in [0.717, 1.165) is 30.0 Å². The van der Waals surface area contributed by atoms with Crippen LogP contribution in [0.25, 0.3) is 0 Å². The zero-order chi connectivity index (χ0) is 20.1. The number of aromatic nitrogens is 2. The van der Waals surface area contributed by atoms with E-state index in [-0.39, 0.29) is 34.5 Å². The summed E-state index contributed by atoms with van der Waals surface area (Å²) in [5.74, 6) is -2.77. The number of thioether (sulfide) groups is 1. The molecule has 3 rings (SSSR count). The van der Waals surface area contributed by atoms with Crippen LogP contribution in [-0.2, 0) is 17.0 Å². The summed E-state index contributed by atoms with van der Waals surface area (Å²) in [7, 11) is 0. The lowest BCUT2D eigenvalue weighted by Crippen LogP contribution is -2.18. The van der Waals surface area contributed by atoms with Crippen LogP contribution in [0.4, 0.5) is 18.9 Å². The smallest absolute Gasteiger partial charge is 0.251 e. The van der Waals surface area contributed by atoms with Crippen LogP contribution in [0.2, 0.25) is 0 Å². The minimum atomic E-state index is -1.08. The lowest BCUT2D eigenvalue weighted by Gasteiger charge is -2.07. The van der Waals surface area contributed by atoms with Crippen LogP contribution in [0.3, 0.4) is 0 Å². The molecule has 0 saturated carbocycles. The van der Waals surface area contributed by atoms with Gasteiger partial charge in [0.05, 0.1) is 12.1 Å². The molecule has 144 valence electrons. The summed E-state index contributed by atoms with van der Waals surface area (Å²) in [6.45, 7) is 0. The molecule has 0 spiro atoms. The SMILES string of the molecule is O=C(Cc1cc(=O)[nH]c(SCc2ccccc2F)n1)Nc1ccc(F)c(F)c1. The standard InChI is InChI=1S/C19H14F3N3O2S/c20-14-4-2-1-3-11(14)10-28-19-24-13(9-18(27)25-19)8-17(26)23-12-5-6-15(21)16(22)7-12/h1-7,9H,8,10H2,(H,23,26)(H,24,25,27). The fourth-order valence-corrected chi connectivity index (χ4v) is 3.23. The zero-order valence-electron chi connectivity index (χ0n) is 14.3. The van der Waals surface area contributed by atoms with Gasteiger partial charge >= 0.3 is 0 Å². The maximum absolute atomic E-state index is 13.7. The summed E-state index contributed by atoms with van der Waals surface area (Å²) in [5.41, 5.74) is 0.279. The van der Waals surface area contributed by atoms with Gasteiger partial charge < -0.3 is 10.3 Å². The molecular formula is C19H14F3N3O2S. The number of anilines is 1. The van der Waals surface area contributed by atoms with Crippen molar-refractivity contribution >= 4 is 23.4 Å². The van der Waals surface area contributed by atoms with Crippen LogP contribution < -0.4 is 10.9 Å². The van der Waals surface area contributed by atoms with E-state index in [2.05, 4.69) is 15.3 Å². The maximum atomic E-state index is 13.7. The summed E-state index contributed by atoms with van der Waals surface area (Å²) in [4.78, 5) is 30.6. The van der Waals surface area contributed by atoms with Crippen molar-refractivity contribution in [3.8, 4) is 0 Å². The Labute approximate surface area is 162 Å². The second-order valence-corrected chi connectivity index (χ2v) is 6.74. The van der Waals surface area contributed by atoms with Crippen molar-refractivity contribution in [2.45, 2.75) is 17.3 Å². The Morgan fingerprint density at radius 1 is 1.04 bits per heavy atom. The number of hydrogen-bond donors (Lipinski definition) is 2. The highest BCUT2D eigenvalue weighted by Crippen LogP contribution is 2.20. The first-order valence-corrected chi connectivity index (χ1v) is 9.10. The molecule has 2 aromatic carbocycles. The Morgan fingerprint density at radius 3 is 2.57 bits per heavy atom. The van der Waals surface area contributed by atoms with Gasteiger partial charge in [0.2, 0.25) is 5.91 Å². The average Bonchev–Trinajstić information content (AvgIpc) is 2.63. The van der Waals surface area contributed by atoms with E-state index in [1.54, 1.807) is 18.2 Å². The van der Waals surface area contributed by atoms with E-state index in [9.17, 15) is 22.8 Å². The van der Waals surface area contributed by atoms with E-state index < -0.39 is 23.1 Å². The van der Waals surface area contributed by atoms with Gasteiger partial charge in [0.15, 0.2) is 16.8 Å². The van der Waals surface area contributed by atoms with Crippen LogP contribution in [0.5, 0.6) is 0 Å². The van der Waals surface area contributed by atoms with Crippen molar-refractivity contribution in [2.24, 2.45) is 0 Å². The molecule has 5 nitrogen and oxygen atoms in total. The fraction of sp³-hybridized carbons (Fsp3) is 0.105. The van der Waals surface area contributed by atoms with Crippen molar-refractivity contribution in [1.82, 2.24) is 9.97 Å². The maximum Gasteiger partial charge on any atom is 0.251 e. The number of carbonyl (C=O) groups excluding carboxylic acids is 1. The van der Waals surface area contributed by atoms with Crippen LogP contribution in [0.1, 0.15) is 11.3 Å². The number of hydrogen-bond acceptors (Lipinski definition) is 4. The van der Waals surface area contributed by atoms with E-state index in [1.165, 1.54) is 12.1 Å². The van der Waals surface area contributed by atoms with Crippen LogP contribution >= 0.6 is 11.8 Å². The molecule has 0 aliphatic heterocycles. The molecule has 3 aromatic rings. The number of rotatable bonds is 6. The van der Waals surface area contributed by atoms with E-state index >= 15 is 0 Å². The van der Waals surface area contributed by atoms with Gasteiger partial charge in [0.1, 0.15) is 5.82 Å². The minimum Gasteiger partial charge on any atom is -0.326 e. The molecule has 0 bridgehead atoms. The molecule has 28 heavy (non-hydrogen) atoms. The van der Waals surface area contributed by atoms with Gasteiger partial charge in [-0.25, -0.2) is 18.2 Å². The van der Waals surface area contributed by atoms with E-state index in [1.807, 2.05) is 0 Å². The zero-order valence-corrected chi connectivity index (χ0v) is 15.2. The molecule has 2 N–H and O–H groups in total. The average molecular weight is 405 g/mol. The van der Waals surface area contributed by atoms with Crippen molar-refractivity contribution < 1.29 is 18.0 Å². The van der Waals surface area contributed by atoms with Crippen molar-refractivity contribution in [1.29, 1.82) is 0 Å². The number of aromatic amines is 1. The summed E-state index contributed by atoms with van der Waals surface area (Å²) in [6.07, 6.45) is -0.240. The third-order valence-electron chi connectivity index (χ3n) is 3.64. The van der Waals surface area contributed by atoms with Gasteiger partial charge in [-0.05, 0) is 23.8 Å². The summed E-state index contributed by atoms with van der Waals surface area (Å²) in [6, 6.07) is 10.4. The minimum absolute atomic E-state index is 0.0860. The molecule has 0 saturated heterocycles. The molecule has 0 unspecified atom stereocenters. The first-order chi connectivity index (χ1) is 13.4. The van der Waals surface area contributed by atoms with Gasteiger partial charge in [-0.15, -0.1) is 0 Å². The van der Waals surface area contributed by atoms with Gasteiger partial charge in [-0.2, -0.15) is 0 Å². The number of carbonyl (C=O) groups is 1. The van der Waals surface area contributed by atoms with Gasteiger partial charge in [0.25, 0.3) is 5.56 Å². The third-order valence-corrected chi connectivity index (χ3v) is 4.56. The molecule has 0 fully saturated rings. The lowest BCUT2D eigenvalue weighted by atomic mass is 10.2. The number of amides is 1. The Morgan fingerprint density at radius 2 is 1.82 bits per heavy atom. The first-order valence-electron chi connectivity index (χ1n) is 8.12. The largest absolute Gasteiger partial charge is 0.326 e. The molecule has 1 amide bonds. The fourth-order valence-electron chi connectivity index (χ4n) is 2.35. The summed E-state index contributed by atoms with van der Waals surface area (Å²) < 4.78 is 39.8. The van der Waals surface area contributed by atoms with Gasteiger partial charge in [0, 0.05) is 23.6 Å². The Bertz CT molecular complexity index is 1070. The van der Waals surface area contributed by atoms with Gasteiger partial charge in [-0.1, -0.05) is 30.0 Å². The van der Waals surface area contributed by atoms with Crippen LogP contribution in [0.15, 0.2) is 58.5 Å². The predicted octanol–water partition coefficient (Wildman–Crippen LogP) is 3.66. The Hall–Kier alpha value is -3.07. The predicted molar refractivity (Wildman–Crippen MR) is 99.5 cm³/mol. The number of H-pyrrole nitrogens is 1. The highest BCUT2D eigenvalue weighted by Gasteiger charge is 2.11. The lowest BCUT2D eigenvalue weighted by molar-refractivity contribution is -0.115. The first kappa shape index (κ1) is 19.7. The molecule has 0 radical (unpaired) electrons. The normalized spacial score (nSPS) is 10.7. The monoisotopic (exact) mass is 405 g/mol. The third kappa shape index (κ3) is 5.23. The number of halogens is 3. The Kier molecular flexibility index (Phi) is 6.15. The molecule has 0 atom stereocenters. The summed E-state index contributed by atoms with van der Waals surface area (Å²) in [5, 5.41) is 2.65. The molecule has 1 heterocycles.